The predicted molar refractivity (Wildman–Crippen MR) is 75.5 cm³/mol. The zero-order valence-corrected chi connectivity index (χ0v) is 11.7. The van der Waals surface area contributed by atoms with Crippen molar-refractivity contribution in [1.82, 2.24) is 14.9 Å². The molecule has 102 valence electrons. The highest BCUT2D eigenvalue weighted by atomic mass is 15.3. The molecule has 0 aromatic carbocycles. The van der Waals surface area contributed by atoms with Crippen molar-refractivity contribution >= 4 is 11.8 Å². The first-order valence-corrected chi connectivity index (χ1v) is 6.39. The third-order valence-corrected chi connectivity index (χ3v) is 2.91. The summed E-state index contributed by atoms with van der Waals surface area (Å²) in [5, 5.41) is 3.40. The third kappa shape index (κ3) is 4.12. The lowest BCUT2D eigenvalue weighted by atomic mass is 10.2. The van der Waals surface area contributed by atoms with E-state index in [1.54, 1.807) is 6.20 Å². The van der Waals surface area contributed by atoms with E-state index in [1.807, 2.05) is 6.92 Å². The molecule has 1 atom stereocenters. The van der Waals surface area contributed by atoms with Crippen molar-refractivity contribution in [2.45, 2.75) is 33.7 Å². The van der Waals surface area contributed by atoms with Crippen LogP contribution in [-0.2, 0) is 0 Å². The summed E-state index contributed by atoms with van der Waals surface area (Å²) in [5.74, 6) is 6.57. The predicted octanol–water partition coefficient (Wildman–Crippen LogP) is 1.21. The molecule has 0 bridgehead atoms. The SMILES string of the molecule is CCN(CC)CC(C)Nc1nc(NN)ncc1C. The molecule has 1 aromatic heterocycles. The summed E-state index contributed by atoms with van der Waals surface area (Å²) in [6.07, 6.45) is 1.76. The normalized spacial score (nSPS) is 12.6. The number of hydrogen-bond donors (Lipinski definition) is 3. The molecule has 0 amide bonds. The fourth-order valence-electron chi connectivity index (χ4n) is 1.81. The van der Waals surface area contributed by atoms with Gasteiger partial charge in [-0.05, 0) is 26.9 Å². The number of nitrogens with two attached hydrogens (primary N) is 1. The van der Waals surface area contributed by atoms with Gasteiger partial charge in [0.25, 0.3) is 0 Å². The summed E-state index contributed by atoms with van der Waals surface area (Å²) >= 11 is 0. The van der Waals surface area contributed by atoms with Gasteiger partial charge in [0, 0.05) is 24.3 Å². The van der Waals surface area contributed by atoms with Gasteiger partial charge in [-0.2, -0.15) is 4.98 Å². The number of anilines is 2. The van der Waals surface area contributed by atoms with Crippen LogP contribution in [0.2, 0.25) is 0 Å². The highest BCUT2D eigenvalue weighted by Gasteiger charge is 2.10. The summed E-state index contributed by atoms with van der Waals surface area (Å²) in [5.41, 5.74) is 3.47. The minimum absolute atomic E-state index is 0.323. The summed E-state index contributed by atoms with van der Waals surface area (Å²) in [6, 6.07) is 0.323. The Labute approximate surface area is 109 Å². The number of aromatic nitrogens is 2. The molecule has 4 N–H and O–H groups in total. The number of hydrogen-bond acceptors (Lipinski definition) is 6. The minimum Gasteiger partial charge on any atom is -0.366 e. The lowest BCUT2D eigenvalue weighted by Gasteiger charge is -2.24. The van der Waals surface area contributed by atoms with Crippen LogP contribution in [0.15, 0.2) is 6.20 Å². The molecule has 18 heavy (non-hydrogen) atoms. The van der Waals surface area contributed by atoms with Gasteiger partial charge in [0.05, 0.1) is 0 Å². The Morgan fingerprint density at radius 1 is 1.39 bits per heavy atom. The van der Waals surface area contributed by atoms with Gasteiger partial charge >= 0.3 is 0 Å². The Morgan fingerprint density at radius 3 is 2.61 bits per heavy atom. The second kappa shape index (κ2) is 7.13. The van der Waals surface area contributed by atoms with E-state index in [1.165, 1.54) is 0 Å². The molecule has 0 fully saturated rings. The number of hydrazine groups is 1. The molecule has 0 radical (unpaired) electrons. The second-order valence-corrected chi connectivity index (χ2v) is 4.40. The van der Waals surface area contributed by atoms with Crippen molar-refractivity contribution in [1.29, 1.82) is 0 Å². The van der Waals surface area contributed by atoms with Crippen molar-refractivity contribution in [3.8, 4) is 0 Å². The molecule has 6 nitrogen and oxygen atoms in total. The molecule has 1 aromatic rings. The Bertz CT molecular complexity index is 364. The quantitative estimate of drug-likeness (QED) is 0.500. The summed E-state index contributed by atoms with van der Waals surface area (Å²) in [7, 11) is 0. The van der Waals surface area contributed by atoms with Gasteiger partial charge in [-0.25, -0.2) is 10.8 Å². The molecular weight excluding hydrogens is 228 g/mol. The first-order valence-electron chi connectivity index (χ1n) is 6.39. The van der Waals surface area contributed by atoms with E-state index in [0.29, 0.717) is 12.0 Å². The van der Waals surface area contributed by atoms with E-state index in [-0.39, 0.29) is 0 Å². The van der Waals surface area contributed by atoms with Gasteiger partial charge in [-0.15, -0.1) is 0 Å². The van der Waals surface area contributed by atoms with Gasteiger partial charge in [0.1, 0.15) is 5.82 Å². The van der Waals surface area contributed by atoms with Crippen molar-refractivity contribution in [3.63, 3.8) is 0 Å². The van der Waals surface area contributed by atoms with Crippen molar-refractivity contribution in [2.24, 2.45) is 5.84 Å². The summed E-state index contributed by atoms with van der Waals surface area (Å²) in [6.45, 7) is 11.6. The van der Waals surface area contributed by atoms with Gasteiger partial charge in [0.15, 0.2) is 0 Å². The average Bonchev–Trinajstić information content (AvgIpc) is 2.38. The van der Waals surface area contributed by atoms with Crippen LogP contribution in [-0.4, -0.2) is 40.5 Å². The smallest absolute Gasteiger partial charge is 0.239 e. The molecule has 1 heterocycles. The summed E-state index contributed by atoms with van der Waals surface area (Å²) in [4.78, 5) is 10.7. The molecule has 1 unspecified atom stereocenters. The fourth-order valence-corrected chi connectivity index (χ4v) is 1.81. The van der Waals surface area contributed by atoms with E-state index in [2.05, 4.69) is 46.4 Å². The molecule has 0 aliphatic heterocycles. The summed E-state index contributed by atoms with van der Waals surface area (Å²) < 4.78 is 0. The zero-order chi connectivity index (χ0) is 13.5. The lowest BCUT2D eigenvalue weighted by Crippen LogP contribution is -2.35. The highest BCUT2D eigenvalue weighted by Crippen LogP contribution is 2.13. The standard InChI is InChI=1S/C12H24N6/c1-5-18(6-2)8-10(4)15-11-9(3)7-14-12(16-11)17-13/h7,10H,5-6,8,13H2,1-4H3,(H2,14,15,16,17). The highest BCUT2D eigenvalue weighted by molar-refractivity contribution is 5.46. The molecule has 0 spiro atoms. The molecule has 0 aliphatic rings. The van der Waals surface area contributed by atoms with Crippen molar-refractivity contribution < 1.29 is 0 Å². The maximum atomic E-state index is 5.31. The van der Waals surface area contributed by atoms with E-state index < -0.39 is 0 Å². The van der Waals surface area contributed by atoms with Crippen LogP contribution in [0.3, 0.4) is 0 Å². The largest absolute Gasteiger partial charge is 0.366 e. The first kappa shape index (κ1) is 14.7. The number of nitrogens with one attached hydrogen (secondary N) is 2. The van der Waals surface area contributed by atoms with Crippen LogP contribution in [0.5, 0.6) is 0 Å². The van der Waals surface area contributed by atoms with Crippen molar-refractivity contribution in [3.05, 3.63) is 11.8 Å². The third-order valence-electron chi connectivity index (χ3n) is 2.91. The molecule has 0 saturated carbocycles. The van der Waals surface area contributed by atoms with Crippen molar-refractivity contribution in [2.75, 3.05) is 30.4 Å². The number of nitrogens with zero attached hydrogens (tertiary/aromatic N) is 3. The number of rotatable bonds is 7. The molecule has 1 rings (SSSR count). The Hall–Kier alpha value is -1.40. The maximum absolute atomic E-state index is 5.31. The molecular formula is C12H24N6. The minimum atomic E-state index is 0.323. The van der Waals surface area contributed by atoms with Gasteiger partial charge in [0.2, 0.25) is 5.95 Å². The molecule has 0 saturated heterocycles. The number of likely N-dealkylation sites (N-methyl/N-ethyl adjacent to an activating group) is 1. The Morgan fingerprint density at radius 2 is 2.06 bits per heavy atom. The monoisotopic (exact) mass is 252 g/mol. The maximum Gasteiger partial charge on any atom is 0.239 e. The van der Waals surface area contributed by atoms with E-state index in [9.17, 15) is 0 Å². The van der Waals surface area contributed by atoms with E-state index in [4.69, 9.17) is 5.84 Å². The number of nitrogen functional groups attached to an aromatic ring is 1. The Balaban J connectivity index is 2.65. The number of aryl methyl sites for hydroxylation is 1. The molecule has 6 heteroatoms. The van der Waals surface area contributed by atoms with E-state index in [0.717, 1.165) is 31.0 Å². The molecule has 0 aliphatic carbocycles. The Kier molecular flexibility index (Phi) is 5.80. The average molecular weight is 252 g/mol. The van der Waals surface area contributed by atoms with Gasteiger partial charge in [-0.3, -0.25) is 5.43 Å². The van der Waals surface area contributed by atoms with Gasteiger partial charge < -0.3 is 10.2 Å². The van der Waals surface area contributed by atoms with Crippen LogP contribution in [0.4, 0.5) is 11.8 Å². The fraction of sp³-hybridized carbons (Fsp3) is 0.667. The van der Waals surface area contributed by atoms with Crippen LogP contribution in [0.25, 0.3) is 0 Å². The second-order valence-electron chi connectivity index (χ2n) is 4.40. The lowest BCUT2D eigenvalue weighted by molar-refractivity contribution is 0.294. The van der Waals surface area contributed by atoms with Crippen LogP contribution < -0.4 is 16.6 Å². The van der Waals surface area contributed by atoms with Gasteiger partial charge in [-0.1, -0.05) is 13.8 Å². The zero-order valence-electron chi connectivity index (χ0n) is 11.7. The first-order chi connectivity index (χ1) is 8.60. The van der Waals surface area contributed by atoms with Crippen LogP contribution >= 0.6 is 0 Å². The van der Waals surface area contributed by atoms with Crippen LogP contribution in [0, 0.1) is 6.92 Å². The topological polar surface area (TPSA) is 79.1 Å². The van der Waals surface area contributed by atoms with E-state index >= 15 is 0 Å². The van der Waals surface area contributed by atoms with Crippen LogP contribution in [0.1, 0.15) is 26.3 Å².